The first-order valence-electron chi connectivity index (χ1n) is 3.93. The molecule has 0 radical (unpaired) electrons. The molecule has 0 saturated carbocycles. The summed E-state index contributed by atoms with van der Waals surface area (Å²) in [5.74, 6) is 0.0255. The number of hydrogen-bond donors (Lipinski definition) is 1. The molecule has 13 heavy (non-hydrogen) atoms. The number of hydrogen-bond acceptors (Lipinski definition) is 4. The van der Waals surface area contributed by atoms with E-state index in [0.717, 1.165) is 4.88 Å². The van der Waals surface area contributed by atoms with Gasteiger partial charge in [0.15, 0.2) is 0 Å². The number of nitrogens with zero attached hydrogens (tertiary/aromatic N) is 1. The Kier molecular flexibility index (Phi) is 3.39. The topological polar surface area (TPSA) is 51.2 Å². The van der Waals surface area contributed by atoms with Crippen molar-refractivity contribution in [2.45, 2.75) is 19.8 Å². The molecule has 1 aromatic rings. The van der Waals surface area contributed by atoms with Gasteiger partial charge in [-0.2, -0.15) is 0 Å². The van der Waals surface area contributed by atoms with Crippen LogP contribution in [0.2, 0.25) is 0 Å². The van der Waals surface area contributed by atoms with Crippen molar-refractivity contribution in [3.8, 4) is 0 Å². The highest BCUT2D eigenvalue weighted by Gasteiger charge is 2.16. The normalized spacial score (nSPS) is 10.5. The average Bonchev–Trinajstić information content (AvgIpc) is 2.52. The molecule has 0 unspecified atom stereocenters. The average molecular weight is 200 g/mol. The molecule has 0 atom stereocenters. The highest BCUT2D eigenvalue weighted by atomic mass is 32.1. The van der Waals surface area contributed by atoms with Crippen LogP contribution in [0.3, 0.4) is 0 Å². The Balaban J connectivity index is 2.87. The number of aromatic nitrogens is 1. The van der Waals surface area contributed by atoms with Gasteiger partial charge in [-0.05, 0) is 5.92 Å². The van der Waals surface area contributed by atoms with Gasteiger partial charge in [-0.1, -0.05) is 13.8 Å². The number of amides is 1. The number of thiazole rings is 1. The van der Waals surface area contributed by atoms with Crippen molar-refractivity contribution in [1.29, 1.82) is 0 Å². The van der Waals surface area contributed by atoms with E-state index in [1.807, 2.05) is 13.8 Å². The predicted octanol–water partition coefficient (Wildman–Crippen LogP) is 1.56. The van der Waals surface area contributed by atoms with Gasteiger partial charge >= 0.3 is 0 Å². The number of carbonyl (C=O) groups is 1. The molecular weight excluding hydrogens is 188 g/mol. The molecule has 1 heterocycles. The molecule has 5 heteroatoms. The van der Waals surface area contributed by atoms with E-state index in [9.17, 15) is 4.79 Å². The second-order valence-corrected chi connectivity index (χ2v) is 3.74. The van der Waals surface area contributed by atoms with Crippen LogP contribution in [0, 0.1) is 0 Å². The maximum absolute atomic E-state index is 11.3. The Labute approximate surface area is 80.9 Å². The third kappa shape index (κ3) is 2.26. The SMILES string of the molecule is CONC(=O)c1ncsc1C(C)C. The van der Waals surface area contributed by atoms with Crippen LogP contribution in [0.4, 0.5) is 0 Å². The van der Waals surface area contributed by atoms with Crippen molar-refractivity contribution in [3.05, 3.63) is 16.1 Å². The fraction of sp³-hybridized carbons (Fsp3) is 0.500. The molecule has 0 spiro atoms. The lowest BCUT2D eigenvalue weighted by Gasteiger charge is -2.04. The van der Waals surface area contributed by atoms with Crippen molar-refractivity contribution in [1.82, 2.24) is 10.5 Å². The van der Waals surface area contributed by atoms with Crippen LogP contribution in [-0.4, -0.2) is 18.0 Å². The fourth-order valence-electron chi connectivity index (χ4n) is 0.976. The van der Waals surface area contributed by atoms with Crippen LogP contribution in [0.5, 0.6) is 0 Å². The van der Waals surface area contributed by atoms with Gasteiger partial charge in [0.25, 0.3) is 5.91 Å². The monoisotopic (exact) mass is 200 g/mol. The summed E-state index contributed by atoms with van der Waals surface area (Å²) in [6.45, 7) is 4.05. The third-order valence-electron chi connectivity index (χ3n) is 1.53. The van der Waals surface area contributed by atoms with Gasteiger partial charge in [0.05, 0.1) is 12.6 Å². The van der Waals surface area contributed by atoms with Crippen LogP contribution in [-0.2, 0) is 4.84 Å². The van der Waals surface area contributed by atoms with Crippen molar-refractivity contribution >= 4 is 17.2 Å². The van der Waals surface area contributed by atoms with Gasteiger partial charge < -0.3 is 0 Å². The van der Waals surface area contributed by atoms with Gasteiger partial charge in [0, 0.05) is 4.88 Å². The summed E-state index contributed by atoms with van der Waals surface area (Å²) in [4.78, 5) is 20.8. The Hall–Kier alpha value is -0.940. The van der Waals surface area contributed by atoms with Gasteiger partial charge in [0.2, 0.25) is 0 Å². The first-order valence-corrected chi connectivity index (χ1v) is 4.81. The minimum Gasteiger partial charge on any atom is -0.277 e. The van der Waals surface area contributed by atoms with Crippen molar-refractivity contribution in [3.63, 3.8) is 0 Å². The summed E-state index contributed by atoms with van der Waals surface area (Å²) in [6.07, 6.45) is 0. The fourth-order valence-corrected chi connectivity index (χ4v) is 1.78. The Morgan fingerprint density at radius 3 is 2.92 bits per heavy atom. The largest absolute Gasteiger partial charge is 0.294 e. The highest BCUT2D eigenvalue weighted by molar-refractivity contribution is 7.10. The van der Waals surface area contributed by atoms with E-state index < -0.39 is 0 Å². The molecule has 1 amide bonds. The minimum atomic E-state index is -0.285. The lowest BCUT2D eigenvalue weighted by molar-refractivity contribution is 0.0532. The Bertz CT molecular complexity index is 296. The molecule has 1 aromatic heterocycles. The lowest BCUT2D eigenvalue weighted by atomic mass is 10.1. The van der Waals surface area contributed by atoms with Crippen molar-refractivity contribution in [2.24, 2.45) is 0 Å². The van der Waals surface area contributed by atoms with E-state index in [0.29, 0.717) is 11.6 Å². The molecule has 0 saturated heterocycles. The Morgan fingerprint density at radius 2 is 2.38 bits per heavy atom. The summed E-state index contributed by atoms with van der Waals surface area (Å²) in [6, 6.07) is 0. The van der Waals surface area contributed by atoms with Gasteiger partial charge in [-0.3, -0.25) is 9.63 Å². The van der Waals surface area contributed by atoms with Crippen molar-refractivity contribution < 1.29 is 9.63 Å². The second kappa shape index (κ2) is 4.34. The molecule has 0 fully saturated rings. The van der Waals surface area contributed by atoms with Crippen LogP contribution >= 0.6 is 11.3 Å². The van der Waals surface area contributed by atoms with E-state index in [2.05, 4.69) is 15.3 Å². The van der Waals surface area contributed by atoms with Gasteiger partial charge in [-0.15, -0.1) is 11.3 Å². The maximum atomic E-state index is 11.3. The zero-order valence-corrected chi connectivity index (χ0v) is 8.64. The van der Waals surface area contributed by atoms with E-state index in [1.54, 1.807) is 5.51 Å². The molecule has 1 rings (SSSR count). The minimum absolute atomic E-state index is 0.285. The molecule has 4 nitrogen and oxygen atoms in total. The molecule has 72 valence electrons. The molecule has 0 aliphatic rings. The number of rotatable bonds is 3. The maximum Gasteiger partial charge on any atom is 0.294 e. The molecule has 0 bridgehead atoms. The van der Waals surface area contributed by atoms with Crippen LogP contribution < -0.4 is 5.48 Å². The van der Waals surface area contributed by atoms with Gasteiger partial charge in [-0.25, -0.2) is 10.5 Å². The zero-order chi connectivity index (χ0) is 9.84. The van der Waals surface area contributed by atoms with Gasteiger partial charge in [0.1, 0.15) is 5.69 Å². The molecule has 0 aromatic carbocycles. The highest BCUT2D eigenvalue weighted by Crippen LogP contribution is 2.22. The van der Waals surface area contributed by atoms with Crippen LogP contribution in [0.15, 0.2) is 5.51 Å². The van der Waals surface area contributed by atoms with Crippen LogP contribution in [0.1, 0.15) is 35.1 Å². The number of hydroxylamine groups is 1. The first-order chi connectivity index (χ1) is 6.16. The van der Waals surface area contributed by atoms with Crippen LogP contribution in [0.25, 0.3) is 0 Å². The summed E-state index contributed by atoms with van der Waals surface area (Å²) in [7, 11) is 1.40. The summed E-state index contributed by atoms with van der Waals surface area (Å²) < 4.78 is 0. The second-order valence-electron chi connectivity index (χ2n) is 2.86. The van der Waals surface area contributed by atoms with E-state index >= 15 is 0 Å². The molecule has 0 aliphatic heterocycles. The first kappa shape index (κ1) is 10.1. The number of carbonyl (C=O) groups excluding carboxylic acids is 1. The quantitative estimate of drug-likeness (QED) is 0.753. The summed E-state index contributed by atoms with van der Waals surface area (Å²) >= 11 is 1.48. The third-order valence-corrected chi connectivity index (χ3v) is 2.66. The number of nitrogens with one attached hydrogen (secondary N) is 1. The lowest BCUT2D eigenvalue weighted by Crippen LogP contribution is -2.23. The van der Waals surface area contributed by atoms with E-state index in [-0.39, 0.29) is 5.91 Å². The summed E-state index contributed by atoms with van der Waals surface area (Å²) in [5.41, 5.74) is 4.38. The van der Waals surface area contributed by atoms with E-state index in [4.69, 9.17) is 0 Å². The molecule has 0 aliphatic carbocycles. The van der Waals surface area contributed by atoms with E-state index in [1.165, 1.54) is 18.4 Å². The smallest absolute Gasteiger partial charge is 0.277 e. The standard InChI is InChI=1S/C8H12N2O2S/c1-5(2)7-6(9-4-13-7)8(11)10-12-3/h4-5H,1-3H3,(H,10,11). The van der Waals surface area contributed by atoms with Crippen molar-refractivity contribution in [2.75, 3.05) is 7.11 Å². The zero-order valence-electron chi connectivity index (χ0n) is 7.83. The molecular formula is C8H12N2O2S. The predicted molar refractivity (Wildman–Crippen MR) is 50.7 cm³/mol. The molecule has 1 N–H and O–H groups in total. The summed E-state index contributed by atoms with van der Waals surface area (Å²) in [5, 5.41) is 0. The Morgan fingerprint density at radius 1 is 1.69 bits per heavy atom.